The van der Waals surface area contributed by atoms with E-state index in [4.69, 9.17) is 24.6 Å². The van der Waals surface area contributed by atoms with Crippen LogP contribution in [0.15, 0.2) is 51.3 Å². The summed E-state index contributed by atoms with van der Waals surface area (Å²) in [5.41, 5.74) is 8.38. The number of unbranched alkanes of at least 4 members (excludes halogenated alkanes) is 1. The molecule has 0 aliphatic carbocycles. The molecular formula is C23H26N6O3S. The van der Waals surface area contributed by atoms with Gasteiger partial charge in [0.25, 0.3) is 0 Å². The van der Waals surface area contributed by atoms with E-state index in [2.05, 4.69) is 33.7 Å². The van der Waals surface area contributed by atoms with E-state index >= 15 is 0 Å². The Bertz CT molecular complexity index is 1260. The average Bonchev–Trinajstić information content (AvgIpc) is 3.54. The molecule has 172 valence electrons. The minimum Gasteiger partial charge on any atom is -0.464 e. The van der Waals surface area contributed by atoms with Gasteiger partial charge in [-0.1, -0.05) is 25.6 Å². The fourth-order valence-corrected chi connectivity index (χ4v) is 4.79. The van der Waals surface area contributed by atoms with E-state index in [0.29, 0.717) is 28.9 Å². The van der Waals surface area contributed by atoms with Gasteiger partial charge in [0.2, 0.25) is 6.79 Å². The Morgan fingerprint density at radius 3 is 2.82 bits per heavy atom. The summed E-state index contributed by atoms with van der Waals surface area (Å²) in [6, 6.07) is 8.18. The van der Waals surface area contributed by atoms with Crippen molar-refractivity contribution in [3.05, 3.63) is 36.9 Å². The van der Waals surface area contributed by atoms with Crippen LogP contribution in [0.2, 0.25) is 0 Å². The van der Waals surface area contributed by atoms with Gasteiger partial charge in [-0.15, -0.1) is 0 Å². The van der Waals surface area contributed by atoms with Crippen LogP contribution >= 0.6 is 11.8 Å². The standard InChI is InChI=1S/C23H26N6O3S/c1-14(2)25-7-3-4-8-29-22-20(21(24)26-12-27-22)28-23(29)33-19-11-18-17(31-13-32-18)10-15(19)16-6-5-9-30-16/h5-6,9-12,14,25H,3-4,7-8,13H2,1-2H3,(H2,24,26,27). The molecule has 3 N–H and O–H groups in total. The molecule has 4 heterocycles. The van der Waals surface area contributed by atoms with Crippen molar-refractivity contribution in [2.24, 2.45) is 0 Å². The summed E-state index contributed by atoms with van der Waals surface area (Å²) >= 11 is 1.53. The SMILES string of the molecule is CC(C)NCCCCn1c(Sc2cc3c(cc2-c2ccco2)OCO3)nc2c(N)ncnc21. The zero-order valence-electron chi connectivity index (χ0n) is 18.6. The third-order valence-corrected chi connectivity index (χ3v) is 6.40. The van der Waals surface area contributed by atoms with Gasteiger partial charge in [0.15, 0.2) is 33.6 Å². The number of rotatable bonds is 9. The van der Waals surface area contributed by atoms with E-state index in [1.807, 2.05) is 24.3 Å². The lowest BCUT2D eigenvalue weighted by molar-refractivity contribution is 0.174. The number of anilines is 1. The molecule has 1 aromatic carbocycles. The molecule has 0 fully saturated rings. The first-order valence-corrected chi connectivity index (χ1v) is 11.8. The monoisotopic (exact) mass is 466 g/mol. The Labute approximate surface area is 195 Å². The summed E-state index contributed by atoms with van der Waals surface area (Å²) in [5, 5.41) is 4.25. The summed E-state index contributed by atoms with van der Waals surface area (Å²) in [6.07, 6.45) is 5.17. The third kappa shape index (κ3) is 4.49. The van der Waals surface area contributed by atoms with Gasteiger partial charge in [-0.05, 0) is 43.7 Å². The highest BCUT2D eigenvalue weighted by molar-refractivity contribution is 7.99. The maximum absolute atomic E-state index is 6.12. The second-order valence-corrected chi connectivity index (χ2v) is 9.08. The number of nitrogen functional groups attached to an aromatic ring is 1. The summed E-state index contributed by atoms with van der Waals surface area (Å²) in [6.45, 7) is 6.25. The Kier molecular flexibility index (Phi) is 6.10. The van der Waals surface area contributed by atoms with E-state index in [1.54, 1.807) is 6.26 Å². The van der Waals surface area contributed by atoms with Crippen LogP contribution < -0.4 is 20.5 Å². The van der Waals surface area contributed by atoms with Crippen LogP contribution in [-0.4, -0.2) is 38.9 Å². The van der Waals surface area contributed by atoms with Gasteiger partial charge >= 0.3 is 0 Å². The fourth-order valence-electron chi connectivity index (χ4n) is 3.73. The molecule has 1 aliphatic heterocycles. The number of hydrogen-bond acceptors (Lipinski definition) is 9. The number of nitrogens with zero attached hydrogens (tertiary/aromatic N) is 4. The summed E-state index contributed by atoms with van der Waals surface area (Å²) in [4.78, 5) is 14.4. The van der Waals surface area contributed by atoms with Crippen LogP contribution in [0.4, 0.5) is 5.82 Å². The lowest BCUT2D eigenvalue weighted by atomic mass is 10.1. The first kappa shape index (κ1) is 21.6. The molecule has 3 aromatic heterocycles. The van der Waals surface area contributed by atoms with Gasteiger partial charge in [0.1, 0.15) is 12.1 Å². The van der Waals surface area contributed by atoms with Gasteiger partial charge in [-0.25, -0.2) is 15.0 Å². The summed E-state index contributed by atoms with van der Waals surface area (Å²) < 4.78 is 19.0. The van der Waals surface area contributed by atoms with E-state index in [-0.39, 0.29) is 6.79 Å². The maximum Gasteiger partial charge on any atom is 0.231 e. The van der Waals surface area contributed by atoms with Crippen molar-refractivity contribution in [3.8, 4) is 22.8 Å². The first-order valence-electron chi connectivity index (χ1n) is 11.0. The van der Waals surface area contributed by atoms with E-state index in [9.17, 15) is 0 Å². The second kappa shape index (κ2) is 9.32. The fraction of sp³-hybridized carbons (Fsp3) is 0.348. The minimum absolute atomic E-state index is 0.204. The van der Waals surface area contributed by atoms with Gasteiger partial charge in [-0.2, -0.15) is 0 Å². The molecule has 10 heteroatoms. The Morgan fingerprint density at radius 2 is 2.03 bits per heavy atom. The quantitative estimate of drug-likeness (QED) is 0.348. The number of nitrogens with one attached hydrogen (secondary N) is 1. The second-order valence-electron chi connectivity index (χ2n) is 8.07. The van der Waals surface area contributed by atoms with Crippen LogP contribution in [0, 0.1) is 0 Å². The number of aromatic nitrogens is 4. The van der Waals surface area contributed by atoms with Gasteiger partial charge in [-0.3, -0.25) is 0 Å². The van der Waals surface area contributed by atoms with Crippen LogP contribution in [0.25, 0.3) is 22.5 Å². The number of aryl methyl sites for hydroxylation is 1. The van der Waals surface area contributed by atoms with Crippen LogP contribution in [0.5, 0.6) is 11.5 Å². The zero-order chi connectivity index (χ0) is 22.8. The van der Waals surface area contributed by atoms with E-state index in [1.165, 1.54) is 18.1 Å². The minimum atomic E-state index is 0.204. The van der Waals surface area contributed by atoms with Gasteiger partial charge in [0.05, 0.1) is 6.26 Å². The largest absolute Gasteiger partial charge is 0.464 e. The molecule has 5 rings (SSSR count). The molecule has 0 bridgehead atoms. The van der Waals surface area contributed by atoms with Gasteiger partial charge in [0, 0.05) is 23.0 Å². The molecule has 0 unspecified atom stereocenters. The molecule has 4 aromatic rings. The molecule has 0 saturated heterocycles. The van der Waals surface area contributed by atoms with Crippen molar-refractivity contribution in [2.75, 3.05) is 19.1 Å². The molecule has 33 heavy (non-hydrogen) atoms. The molecule has 0 atom stereocenters. The maximum atomic E-state index is 6.12. The van der Waals surface area contributed by atoms with Crippen molar-refractivity contribution in [2.45, 2.75) is 49.3 Å². The highest BCUT2D eigenvalue weighted by Crippen LogP contribution is 2.45. The number of fused-ring (bicyclic) bond motifs is 2. The number of ether oxygens (including phenoxy) is 2. The normalized spacial score (nSPS) is 12.8. The molecule has 0 spiro atoms. The number of hydrogen-bond donors (Lipinski definition) is 2. The molecule has 9 nitrogen and oxygen atoms in total. The van der Waals surface area contributed by atoms with Crippen LogP contribution in [0.1, 0.15) is 26.7 Å². The molecular weight excluding hydrogens is 440 g/mol. The highest BCUT2D eigenvalue weighted by Gasteiger charge is 2.23. The number of benzene rings is 1. The lowest BCUT2D eigenvalue weighted by Gasteiger charge is -2.12. The summed E-state index contributed by atoms with van der Waals surface area (Å²) in [7, 11) is 0. The highest BCUT2D eigenvalue weighted by atomic mass is 32.2. The third-order valence-electron chi connectivity index (χ3n) is 5.35. The Hall–Kier alpha value is -3.24. The van der Waals surface area contributed by atoms with Crippen molar-refractivity contribution in [3.63, 3.8) is 0 Å². The van der Waals surface area contributed by atoms with Crippen molar-refractivity contribution >= 4 is 28.7 Å². The van der Waals surface area contributed by atoms with Crippen molar-refractivity contribution in [1.29, 1.82) is 0 Å². The van der Waals surface area contributed by atoms with Crippen LogP contribution in [-0.2, 0) is 6.54 Å². The predicted molar refractivity (Wildman–Crippen MR) is 126 cm³/mol. The number of furan rings is 1. The Morgan fingerprint density at radius 1 is 1.18 bits per heavy atom. The van der Waals surface area contributed by atoms with Gasteiger partial charge < -0.3 is 29.5 Å². The Balaban J connectivity index is 1.49. The first-order chi connectivity index (χ1) is 16.1. The number of nitrogens with two attached hydrogens (primary N) is 1. The average molecular weight is 467 g/mol. The summed E-state index contributed by atoms with van der Waals surface area (Å²) in [5.74, 6) is 2.53. The number of imidazole rings is 1. The zero-order valence-corrected chi connectivity index (χ0v) is 19.4. The van der Waals surface area contributed by atoms with E-state index < -0.39 is 0 Å². The van der Waals surface area contributed by atoms with Crippen molar-refractivity contribution < 1.29 is 13.9 Å². The van der Waals surface area contributed by atoms with Crippen LogP contribution in [0.3, 0.4) is 0 Å². The smallest absolute Gasteiger partial charge is 0.231 e. The molecule has 1 aliphatic rings. The molecule has 0 amide bonds. The van der Waals surface area contributed by atoms with Crippen molar-refractivity contribution in [1.82, 2.24) is 24.8 Å². The topological polar surface area (TPSA) is 113 Å². The van der Waals surface area contributed by atoms with E-state index in [0.717, 1.165) is 53.0 Å². The predicted octanol–water partition coefficient (Wildman–Crippen LogP) is 4.33. The molecule has 0 saturated carbocycles. The lowest BCUT2D eigenvalue weighted by Crippen LogP contribution is -2.23. The molecule has 0 radical (unpaired) electrons.